The summed E-state index contributed by atoms with van der Waals surface area (Å²) in [6.07, 6.45) is 2.04. The zero-order valence-electron chi connectivity index (χ0n) is 16.8. The van der Waals surface area contributed by atoms with E-state index in [0.29, 0.717) is 13.2 Å². The summed E-state index contributed by atoms with van der Waals surface area (Å²) in [7, 11) is 0. The maximum absolute atomic E-state index is 12.7. The lowest BCUT2D eigenvalue weighted by atomic mass is 9.91. The minimum absolute atomic E-state index is 0.182. The van der Waals surface area contributed by atoms with E-state index in [-0.39, 0.29) is 5.78 Å². The molecule has 0 bridgehead atoms. The van der Waals surface area contributed by atoms with Gasteiger partial charge in [0.1, 0.15) is 0 Å². The molecule has 2 heterocycles. The first-order valence-corrected chi connectivity index (χ1v) is 11.5. The number of hydrogen-bond donors (Lipinski definition) is 0. The van der Waals surface area contributed by atoms with Crippen LogP contribution in [0.25, 0.3) is 0 Å². The maximum atomic E-state index is 12.7. The average molecular weight is 416 g/mol. The Morgan fingerprint density at radius 2 is 1.50 bits per heavy atom. The lowest BCUT2D eigenvalue weighted by molar-refractivity contribution is -0.00430. The number of ketones is 1. The van der Waals surface area contributed by atoms with Crippen molar-refractivity contribution in [2.24, 2.45) is 0 Å². The van der Waals surface area contributed by atoms with E-state index in [2.05, 4.69) is 4.90 Å². The first kappa shape index (κ1) is 22.6. The molecule has 3 rings (SSSR count). The Labute approximate surface area is 177 Å². The predicted octanol–water partition coefficient (Wildman–Crippen LogP) is 5.57. The third-order valence-electron chi connectivity index (χ3n) is 4.58. The fraction of sp³-hybridized carbons (Fsp3) is 0.348. The molecule has 0 atom stereocenters. The first-order chi connectivity index (χ1) is 13.6. The molecule has 0 amide bonds. The van der Waals surface area contributed by atoms with Crippen molar-refractivity contribution < 1.29 is 9.53 Å². The normalized spacial score (nSPS) is 14.4. The van der Waals surface area contributed by atoms with Crippen LogP contribution in [-0.2, 0) is 4.74 Å². The van der Waals surface area contributed by atoms with Crippen molar-refractivity contribution in [3.8, 4) is 0 Å². The Bertz CT molecular complexity index is 689. The summed E-state index contributed by atoms with van der Waals surface area (Å²) in [6.45, 7) is 7.07. The largest absolute Gasteiger partial charge is 0.379 e. The number of morpholine rings is 1. The summed E-state index contributed by atoms with van der Waals surface area (Å²) < 4.78 is 5.35. The van der Waals surface area contributed by atoms with Crippen LogP contribution < -0.4 is 0 Å². The highest BCUT2D eigenvalue weighted by Gasteiger charge is 2.35. The molecule has 5 heteroatoms. The molecule has 1 aliphatic heterocycles. The molecule has 0 saturated carbocycles. The van der Waals surface area contributed by atoms with Crippen molar-refractivity contribution >= 4 is 28.9 Å². The SMILES string of the molecule is CSc1ccc(C(=O)C(C)(C)N2CCOCC2)cc1.c1ccccsccc1. The van der Waals surface area contributed by atoms with Gasteiger partial charge in [0.25, 0.3) is 0 Å². The Balaban J connectivity index is 0.000000261. The number of carbonyl (C=O) groups is 1. The Morgan fingerprint density at radius 1 is 0.964 bits per heavy atom. The highest BCUT2D eigenvalue weighted by Crippen LogP contribution is 2.23. The van der Waals surface area contributed by atoms with Crippen LogP contribution in [0.5, 0.6) is 0 Å². The van der Waals surface area contributed by atoms with Crippen LogP contribution >= 0.6 is 23.1 Å². The molecule has 0 radical (unpaired) electrons. The second-order valence-corrected chi connectivity index (χ2v) is 8.48. The van der Waals surface area contributed by atoms with E-state index < -0.39 is 5.54 Å². The monoisotopic (exact) mass is 415 g/mol. The number of Topliss-reactive ketones (excluding diaryl/α,β-unsaturated/α-hetero) is 1. The lowest BCUT2D eigenvalue weighted by Crippen LogP contribution is -2.54. The number of hydrogen-bond acceptors (Lipinski definition) is 5. The maximum Gasteiger partial charge on any atom is 0.182 e. The molecule has 1 aromatic heterocycles. The number of nitrogens with zero attached hydrogens (tertiary/aromatic N) is 1. The standard InChI is InChI=1S/C15H21NO2S.C8H8S/c1-15(2,16-8-10-18-11-9-16)14(17)12-4-6-13(19-3)7-5-12;1-2-4-6-8-9-7-5-3-1/h4-7H,8-11H2,1-3H3;1-8H. The summed E-state index contributed by atoms with van der Waals surface area (Å²) in [5.41, 5.74) is 0.319. The molecule has 0 spiro atoms. The van der Waals surface area contributed by atoms with Gasteiger partial charge < -0.3 is 4.74 Å². The molecule has 150 valence electrons. The average Bonchev–Trinajstić information content (AvgIpc) is 2.90. The Hall–Kier alpha value is -1.66. The topological polar surface area (TPSA) is 29.5 Å². The lowest BCUT2D eigenvalue weighted by Gasteiger charge is -2.39. The van der Waals surface area contributed by atoms with Gasteiger partial charge in [0.2, 0.25) is 0 Å². The van der Waals surface area contributed by atoms with Crippen LogP contribution in [-0.4, -0.2) is 48.8 Å². The van der Waals surface area contributed by atoms with Crippen molar-refractivity contribution in [2.75, 3.05) is 32.6 Å². The minimum atomic E-state index is -0.468. The minimum Gasteiger partial charge on any atom is -0.379 e. The zero-order chi connectivity index (χ0) is 20.2. The first-order valence-electron chi connectivity index (χ1n) is 9.38. The van der Waals surface area contributed by atoms with Crippen LogP contribution in [0.15, 0.2) is 76.3 Å². The van der Waals surface area contributed by atoms with Crippen molar-refractivity contribution in [1.82, 2.24) is 4.90 Å². The quantitative estimate of drug-likeness (QED) is 0.482. The van der Waals surface area contributed by atoms with Crippen molar-refractivity contribution in [2.45, 2.75) is 24.3 Å². The number of rotatable bonds is 4. The molecule has 0 unspecified atom stereocenters. The zero-order valence-corrected chi connectivity index (χ0v) is 18.5. The number of ether oxygens (including phenoxy) is 1. The van der Waals surface area contributed by atoms with Gasteiger partial charge in [-0.3, -0.25) is 9.69 Å². The van der Waals surface area contributed by atoms with Gasteiger partial charge in [-0.15, -0.1) is 11.8 Å². The van der Waals surface area contributed by atoms with E-state index in [1.54, 1.807) is 23.1 Å². The molecule has 1 aliphatic rings. The summed E-state index contributed by atoms with van der Waals surface area (Å²) in [5, 5.41) is 4.08. The van der Waals surface area contributed by atoms with Crippen LogP contribution in [0, 0.1) is 0 Å². The molecular formula is C23H29NO2S2. The van der Waals surface area contributed by atoms with Gasteiger partial charge in [-0.1, -0.05) is 48.5 Å². The van der Waals surface area contributed by atoms with Gasteiger partial charge in [-0.25, -0.2) is 0 Å². The number of carbonyl (C=O) groups excluding carboxylic acids is 1. The molecule has 1 fully saturated rings. The van der Waals surface area contributed by atoms with E-state index in [1.165, 1.54) is 4.90 Å². The molecule has 28 heavy (non-hydrogen) atoms. The third kappa shape index (κ3) is 7.06. The molecule has 1 aromatic carbocycles. The second kappa shape index (κ2) is 12.0. The van der Waals surface area contributed by atoms with Gasteiger partial charge in [0, 0.05) is 23.5 Å². The van der Waals surface area contributed by atoms with Gasteiger partial charge >= 0.3 is 0 Å². The van der Waals surface area contributed by atoms with Gasteiger partial charge in [-0.05, 0) is 43.0 Å². The fourth-order valence-electron chi connectivity index (χ4n) is 2.84. The van der Waals surface area contributed by atoms with Crippen molar-refractivity contribution in [3.05, 3.63) is 77.0 Å². The van der Waals surface area contributed by atoms with Crippen LogP contribution in [0.2, 0.25) is 0 Å². The van der Waals surface area contributed by atoms with E-state index in [9.17, 15) is 4.79 Å². The second-order valence-electron chi connectivity index (χ2n) is 6.78. The fourth-order valence-corrected chi connectivity index (χ4v) is 3.71. The number of benzene rings is 1. The third-order valence-corrected chi connectivity index (χ3v) is 5.95. The predicted molar refractivity (Wildman–Crippen MR) is 121 cm³/mol. The summed E-state index contributed by atoms with van der Waals surface area (Å²) in [5.74, 6) is 0.182. The molecule has 3 nitrogen and oxygen atoms in total. The molecular weight excluding hydrogens is 386 g/mol. The van der Waals surface area contributed by atoms with Gasteiger partial charge in [-0.2, -0.15) is 11.3 Å². The molecule has 2 aromatic rings. The summed E-state index contributed by atoms with van der Waals surface area (Å²) in [6, 6.07) is 19.9. The van der Waals surface area contributed by atoms with E-state index in [1.807, 2.05) is 91.5 Å². The van der Waals surface area contributed by atoms with E-state index >= 15 is 0 Å². The highest BCUT2D eigenvalue weighted by molar-refractivity contribution is 7.98. The molecule has 0 N–H and O–H groups in total. The highest BCUT2D eigenvalue weighted by atomic mass is 32.2. The number of thioether (sulfide) groups is 1. The smallest absolute Gasteiger partial charge is 0.182 e. The molecule has 0 aliphatic carbocycles. The molecule has 1 saturated heterocycles. The van der Waals surface area contributed by atoms with Crippen LogP contribution in [0.3, 0.4) is 0 Å². The van der Waals surface area contributed by atoms with Gasteiger partial charge in [0.05, 0.1) is 18.8 Å². The Kier molecular flexibility index (Phi) is 9.71. The Morgan fingerprint density at radius 3 is 2.04 bits per heavy atom. The summed E-state index contributed by atoms with van der Waals surface area (Å²) in [4.78, 5) is 16.1. The van der Waals surface area contributed by atoms with E-state index in [4.69, 9.17) is 4.74 Å². The summed E-state index contributed by atoms with van der Waals surface area (Å²) >= 11 is 3.37. The van der Waals surface area contributed by atoms with E-state index in [0.717, 1.165) is 18.7 Å². The van der Waals surface area contributed by atoms with Crippen LogP contribution in [0.4, 0.5) is 0 Å². The van der Waals surface area contributed by atoms with Gasteiger partial charge in [0.15, 0.2) is 5.78 Å². The van der Waals surface area contributed by atoms with Crippen molar-refractivity contribution in [3.63, 3.8) is 0 Å². The van der Waals surface area contributed by atoms with Crippen molar-refractivity contribution in [1.29, 1.82) is 0 Å². The van der Waals surface area contributed by atoms with Crippen LogP contribution in [0.1, 0.15) is 24.2 Å².